The number of hydrogen-bond acceptors (Lipinski definition) is 5. The van der Waals surface area contributed by atoms with E-state index in [0.29, 0.717) is 4.32 Å². The van der Waals surface area contributed by atoms with Crippen molar-refractivity contribution in [1.29, 1.82) is 0 Å². The molecule has 0 amide bonds. The number of thioether (sulfide) groups is 1. The SMILES string of the molecule is COc1ccc(SC(=S)N(C)OC(C)=O)cc1. The van der Waals surface area contributed by atoms with Crippen LogP contribution in [0.4, 0.5) is 0 Å². The minimum atomic E-state index is -0.398. The quantitative estimate of drug-likeness (QED) is 0.467. The molecule has 0 fully saturated rings. The van der Waals surface area contributed by atoms with Gasteiger partial charge in [-0.15, -0.1) is 0 Å². The van der Waals surface area contributed by atoms with Crippen molar-refractivity contribution in [3.63, 3.8) is 0 Å². The molecular formula is C11H13NO3S2. The largest absolute Gasteiger partial charge is 0.497 e. The van der Waals surface area contributed by atoms with Gasteiger partial charge in [0.2, 0.25) is 0 Å². The number of ether oxygens (including phenoxy) is 1. The number of nitrogens with zero attached hydrogens (tertiary/aromatic N) is 1. The maximum atomic E-state index is 10.7. The lowest BCUT2D eigenvalue weighted by Crippen LogP contribution is -2.25. The minimum Gasteiger partial charge on any atom is -0.497 e. The molecule has 4 nitrogen and oxygen atoms in total. The van der Waals surface area contributed by atoms with Gasteiger partial charge in [0.1, 0.15) is 5.75 Å². The Morgan fingerprint density at radius 1 is 1.35 bits per heavy atom. The first-order chi connectivity index (χ1) is 8.02. The smallest absolute Gasteiger partial charge is 0.329 e. The monoisotopic (exact) mass is 271 g/mol. The molecular weight excluding hydrogens is 258 g/mol. The predicted octanol–water partition coefficient (Wildman–Crippen LogP) is 2.48. The van der Waals surface area contributed by atoms with Crippen molar-refractivity contribution in [2.45, 2.75) is 11.8 Å². The van der Waals surface area contributed by atoms with Crippen LogP contribution in [0, 0.1) is 0 Å². The molecule has 0 N–H and O–H groups in total. The van der Waals surface area contributed by atoms with Crippen LogP contribution in [0.15, 0.2) is 29.2 Å². The van der Waals surface area contributed by atoms with Crippen molar-refractivity contribution in [2.75, 3.05) is 14.2 Å². The summed E-state index contributed by atoms with van der Waals surface area (Å²) in [4.78, 5) is 16.5. The van der Waals surface area contributed by atoms with Gasteiger partial charge in [-0.1, -0.05) is 11.8 Å². The second kappa shape index (κ2) is 6.46. The van der Waals surface area contributed by atoms with Crippen LogP contribution in [0.1, 0.15) is 6.92 Å². The summed E-state index contributed by atoms with van der Waals surface area (Å²) in [6.45, 7) is 1.33. The molecule has 0 aliphatic heterocycles. The average molecular weight is 271 g/mol. The molecule has 17 heavy (non-hydrogen) atoms. The zero-order chi connectivity index (χ0) is 12.8. The maximum Gasteiger partial charge on any atom is 0.329 e. The van der Waals surface area contributed by atoms with Crippen molar-refractivity contribution in [3.8, 4) is 5.75 Å². The molecule has 0 bridgehead atoms. The highest BCUT2D eigenvalue weighted by Gasteiger charge is 2.09. The van der Waals surface area contributed by atoms with Crippen molar-refractivity contribution in [2.24, 2.45) is 0 Å². The van der Waals surface area contributed by atoms with Crippen LogP contribution in [-0.2, 0) is 9.63 Å². The fraction of sp³-hybridized carbons (Fsp3) is 0.273. The molecule has 0 radical (unpaired) electrons. The van der Waals surface area contributed by atoms with Gasteiger partial charge in [0, 0.05) is 18.9 Å². The number of carbonyl (C=O) groups is 1. The number of methoxy groups -OCH3 is 1. The van der Waals surface area contributed by atoms with Gasteiger partial charge in [-0.05, 0) is 36.5 Å². The van der Waals surface area contributed by atoms with Crippen LogP contribution in [0.3, 0.4) is 0 Å². The number of carbonyl (C=O) groups excluding carboxylic acids is 1. The Balaban J connectivity index is 2.58. The van der Waals surface area contributed by atoms with E-state index in [2.05, 4.69) is 0 Å². The van der Waals surface area contributed by atoms with Crippen LogP contribution in [-0.4, -0.2) is 29.5 Å². The van der Waals surface area contributed by atoms with Crippen LogP contribution >= 0.6 is 24.0 Å². The lowest BCUT2D eigenvalue weighted by atomic mass is 10.3. The Hall–Kier alpha value is -1.27. The summed E-state index contributed by atoms with van der Waals surface area (Å²) in [6, 6.07) is 7.46. The highest BCUT2D eigenvalue weighted by molar-refractivity contribution is 8.22. The Morgan fingerprint density at radius 2 is 1.94 bits per heavy atom. The molecule has 0 atom stereocenters. The second-order valence-electron chi connectivity index (χ2n) is 3.12. The van der Waals surface area contributed by atoms with Crippen molar-refractivity contribution in [1.82, 2.24) is 5.06 Å². The van der Waals surface area contributed by atoms with Gasteiger partial charge in [0.05, 0.1) is 7.11 Å². The third-order valence-corrected chi connectivity index (χ3v) is 3.23. The molecule has 0 saturated heterocycles. The van der Waals surface area contributed by atoms with Gasteiger partial charge in [-0.2, -0.15) is 5.06 Å². The molecule has 6 heteroatoms. The first kappa shape index (κ1) is 13.8. The highest BCUT2D eigenvalue weighted by Crippen LogP contribution is 2.23. The van der Waals surface area contributed by atoms with Gasteiger partial charge in [0.15, 0.2) is 4.32 Å². The standard InChI is InChI=1S/C11H13NO3S2/c1-8(13)15-12(2)11(16)17-10-6-4-9(14-3)5-7-10/h4-7H,1-3H3. The first-order valence-corrected chi connectivity index (χ1v) is 6.03. The van der Waals surface area contributed by atoms with Crippen molar-refractivity contribution >= 4 is 34.3 Å². The molecule has 0 spiro atoms. The number of thiocarbonyl (C=S) groups is 1. The Morgan fingerprint density at radius 3 is 2.41 bits per heavy atom. The Kier molecular flexibility index (Phi) is 5.24. The molecule has 92 valence electrons. The predicted molar refractivity (Wildman–Crippen MR) is 71.0 cm³/mol. The fourth-order valence-electron chi connectivity index (χ4n) is 1.04. The van der Waals surface area contributed by atoms with E-state index >= 15 is 0 Å². The van der Waals surface area contributed by atoms with Gasteiger partial charge in [-0.3, -0.25) is 4.79 Å². The summed E-state index contributed by atoms with van der Waals surface area (Å²) in [5, 5.41) is 1.27. The summed E-state index contributed by atoms with van der Waals surface area (Å²) < 4.78 is 5.52. The summed E-state index contributed by atoms with van der Waals surface area (Å²) in [7, 11) is 3.21. The third kappa shape index (κ3) is 4.62. The molecule has 0 aromatic heterocycles. The second-order valence-corrected chi connectivity index (χ2v) is 4.83. The highest BCUT2D eigenvalue weighted by atomic mass is 32.2. The maximum absolute atomic E-state index is 10.7. The summed E-state index contributed by atoms with van der Waals surface area (Å²) >= 11 is 6.46. The van der Waals surface area contributed by atoms with E-state index in [1.54, 1.807) is 14.2 Å². The van der Waals surface area contributed by atoms with Crippen LogP contribution < -0.4 is 4.74 Å². The third-order valence-electron chi connectivity index (χ3n) is 1.79. The van der Waals surface area contributed by atoms with E-state index in [-0.39, 0.29) is 0 Å². The van der Waals surface area contributed by atoms with E-state index < -0.39 is 5.97 Å². The van der Waals surface area contributed by atoms with E-state index in [1.165, 1.54) is 23.7 Å². The van der Waals surface area contributed by atoms with Gasteiger partial charge < -0.3 is 9.57 Å². The molecule has 1 rings (SSSR count). The molecule has 1 aromatic carbocycles. The lowest BCUT2D eigenvalue weighted by molar-refractivity contribution is -0.164. The zero-order valence-corrected chi connectivity index (χ0v) is 11.4. The molecule has 0 aliphatic rings. The van der Waals surface area contributed by atoms with Gasteiger partial charge in [0.25, 0.3) is 0 Å². The van der Waals surface area contributed by atoms with Crippen LogP contribution in [0.25, 0.3) is 0 Å². The van der Waals surface area contributed by atoms with Crippen molar-refractivity contribution < 1.29 is 14.4 Å². The van der Waals surface area contributed by atoms with E-state index in [9.17, 15) is 4.79 Å². The van der Waals surface area contributed by atoms with E-state index in [1.807, 2.05) is 24.3 Å². The lowest BCUT2D eigenvalue weighted by Gasteiger charge is -2.16. The number of hydrogen-bond donors (Lipinski definition) is 0. The first-order valence-electron chi connectivity index (χ1n) is 4.81. The zero-order valence-electron chi connectivity index (χ0n) is 9.80. The topological polar surface area (TPSA) is 38.8 Å². The molecule has 1 aromatic rings. The van der Waals surface area contributed by atoms with Gasteiger partial charge >= 0.3 is 5.97 Å². The molecule has 0 unspecified atom stereocenters. The number of hydroxylamine groups is 2. The minimum absolute atomic E-state index is 0.398. The molecule has 0 aliphatic carbocycles. The summed E-state index contributed by atoms with van der Waals surface area (Å²) in [5.74, 6) is 0.388. The summed E-state index contributed by atoms with van der Waals surface area (Å²) in [5.41, 5.74) is 0. The molecule has 0 heterocycles. The Labute approximate surface area is 110 Å². The molecule has 0 saturated carbocycles. The number of rotatable bonds is 2. The fourth-order valence-corrected chi connectivity index (χ4v) is 2.00. The van der Waals surface area contributed by atoms with Gasteiger partial charge in [-0.25, -0.2) is 0 Å². The van der Waals surface area contributed by atoms with E-state index in [4.69, 9.17) is 21.8 Å². The van der Waals surface area contributed by atoms with Crippen LogP contribution in [0.5, 0.6) is 5.75 Å². The number of benzene rings is 1. The summed E-state index contributed by atoms with van der Waals surface area (Å²) in [6.07, 6.45) is 0. The van der Waals surface area contributed by atoms with E-state index in [0.717, 1.165) is 10.6 Å². The Bertz CT molecular complexity index is 406. The van der Waals surface area contributed by atoms with Crippen LogP contribution in [0.2, 0.25) is 0 Å². The average Bonchev–Trinajstić information content (AvgIpc) is 2.29. The normalized spacial score (nSPS) is 9.59. The van der Waals surface area contributed by atoms with Crippen molar-refractivity contribution in [3.05, 3.63) is 24.3 Å².